The number of carboxylic acid groups (broad SMARTS) is 1. The van der Waals surface area contributed by atoms with E-state index in [1.807, 2.05) is 25.1 Å². The number of fused-ring (bicyclic) bond motifs is 1. The molecule has 2 unspecified atom stereocenters. The van der Waals surface area contributed by atoms with E-state index >= 15 is 0 Å². The summed E-state index contributed by atoms with van der Waals surface area (Å²) in [6.07, 6.45) is 1.45. The number of aliphatic carboxylic acids is 1. The van der Waals surface area contributed by atoms with Crippen LogP contribution >= 0.6 is 0 Å². The van der Waals surface area contributed by atoms with Crippen molar-refractivity contribution in [2.75, 3.05) is 7.11 Å². The van der Waals surface area contributed by atoms with Crippen molar-refractivity contribution in [3.8, 4) is 5.75 Å². The molecular weight excluding hydrogens is 204 g/mol. The SMILES string of the molecule is CCC1c2cccc(OC)c2CC1C(=O)O. The number of carboxylic acids is 1. The Balaban J connectivity index is 2.45. The molecule has 1 aliphatic rings. The summed E-state index contributed by atoms with van der Waals surface area (Å²) in [6.45, 7) is 2.04. The third-order valence-corrected chi connectivity index (χ3v) is 3.46. The average molecular weight is 220 g/mol. The van der Waals surface area contributed by atoms with Gasteiger partial charge in [-0.05, 0) is 36.0 Å². The number of carbonyl (C=O) groups is 1. The normalized spacial score (nSPS) is 22.9. The Labute approximate surface area is 95.0 Å². The van der Waals surface area contributed by atoms with E-state index in [1.54, 1.807) is 7.11 Å². The molecule has 16 heavy (non-hydrogen) atoms. The van der Waals surface area contributed by atoms with Gasteiger partial charge in [0, 0.05) is 0 Å². The molecule has 1 aromatic rings. The van der Waals surface area contributed by atoms with Crippen LogP contribution in [0.15, 0.2) is 18.2 Å². The fourth-order valence-electron chi connectivity index (χ4n) is 2.68. The van der Waals surface area contributed by atoms with Crippen molar-refractivity contribution in [2.45, 2.75) is 25.7 Å². The third kappa shape index (κ3) is 1.56. The lowest BCUT2D eigenvalue weighted by atomic mass is 9.90. The van der Waals surface area contributed by atoms with Crippen LogP contribution < -0.4 is 4.74 Å². The first kappa shape index (κ1) is 11.0. The van der Waals surface area contributed by atoms with Crippen molar-refractivity contribution in [1.82, 2.24) is 0 Å². The molecule has 2 rings (SSSR count). The molecular formula is C13H16O3. The summed E-state index contributed by atoms with van der Waals surface area (Å²) in [5.74, 6) is -0.0521. The summed E-state index contributed by atoms with van der Waals surface area (Å²) in [7, 11) is 1.63. The smallest absolute Gasteiger partial charge is 0.307 e. The monoisotopic (exact) mass is 220 g/mol. The molecule has 3 heteroatoms. The standard InChI is InChI=1S/C13H16O3/c1-3-8-9-5-4-6-12(16-2)10(9)7-11(8)13(14)15/h4-6,8,11H,3,7H2,1-2H3,(H,14,15). The molecule has 1 N–H and O–H groups in total. The van der Waals surface area contributed by atoms with E-state index in [9.17, 15) is 9.90 Å². The Bertz CT molecular complexity index is 412. The highest BCUT2D eigenvalue weighted by atomic mass is 16.5. The first-order valence-corrected chi connectivity index (χ1v) is 5.57. The van der Waals surface area contributed by atoms with Gasteiger partial charge in [0.2, 0.25) is 0 Å². The lowest BCUT2D eigenvalue weighted by Crippen LogP contribution is -2.17. The topological polar surface area (TPSA) is 46.5 Å². The summed E-state index contributed by atoms with van der Waals surface area (Å²) in [5.41, 5.74) is 2.22. The van der Waals surface area contributed by atoms with Crippen LogP contribution in [-0.4, -0.2) is 18.2 Å². The quantitative estimate of drug-likeness (QED) is 0.851. The molecule has 0 amide bonds. The van der Waals surface area contributed by atoms with Crippen LogP contribution in [0.3, 0.4) is 0 Å². The zero-order valence-corrected chi connectivity index (χ0v) is 9.56. The number of ether oxygens (including phenoxy) is 1. The zero-order chi connectivity index (χ0) is 11.7. The van der Waals surface area contributed by atoms with Gasteiger partial charge in [-0.3, -0.25) is 4.79 Å². The first-order chi connectivity index (χ1) is 7.69. The molecule has 3 nitrogen and oxygen atoms in total. The number of hydrogen-bond acceptors (Lipinski definition) is 2. The zero-order valence-electron chi connectivity index (χ0n) is 9.56. The summed E-state index contributed by atoms with van der Waals surface area (Å²) in [4.78, 5) is 11.2. The van der Waals surface area contributed by atoms with E-state index in [-0.39, 0.29) is 11.8 Å². The largest absolute Gasteiger partial charge is 0.496 e. The van der Waals surface area contributed by atoms with E-state index in [0.29, 0.717) is 6.42 Å². The maximum Gasteiger partial charge on any atom is 0.307 e. The number of benzene rings is 1. The minimum absolute atomic E-state index is 0.127. The Morgan fingerprint density at radius 1 is 1.56 bits per heavy atom. The molecule has 0 aliphatic heterocycles. The van der Waals surface area contributed by atoms with Crippen LogP contribution in [-0.2, 0) is 11.2 Å². The second-order valence-corrected chi connectivity index (χ2v) is 4.19. The molecule has 0 heterocycles. The lowest BCUT2D eigenvalue weighted by molar-refractivity contribution is -0.142. The molecule has 0 spiro atoms. The number of rotatable bonds is 3. The summed E-state index contributed by atoms with van der Waals surface area (Å²) < 4.78 is 5.29. The Morgan fingerprint density at radius 3 is 2.88 bits per heavy atom. The van der Waals surface area contributed by atoms with E-state index in [2.05, 4.69) is 0 Å². The van der Waals surface area contributed by atoms with Crippen molar-refractivity contribution >= 4 is 5.97 Å². The minimum atomic E-state index is -0.704. The van der Waals surface area contributed by atoms with Crippen LogP contribution in [0.2, 0.25) is 0 Å². The van der Waals surface area contributed by atoms with Crippen LogP contribution in [0.5, 0.6) is 5.75 Å². The van der Waals surface area contributed by atoms with Crippen molar-refractivity contribution in [3.05, 3.63) is 29.3 Å². The van der Waals surface area contributed by atoms with Gasteiger partial charge in [0.25, 0.3) is 0 Å². The molecule has 1 aliphatic carbocycles. The van der Waals surface area contributed by atoms with Gasteiger partial charge in [-0.1, -0.05) is 19.1 Å². The highest BCUT2D eigenvalue weighted by Crippen LogP contribution is 2.43. The summed E-state index contributed by atoms with van der Waals surface area (Å²) >= 11 is 0. The Morgan fingerprint density at radius 2 is 2.31 bits per heavy atom. The molecule has 86 valence electrons. The van der Waals surface area contributed by atoms with E-state index in [0.717, 1.165) is 23.3 Å². The van der Waals surface area contributed by atoms with Crippen molar-refractivity contribution < 1.29 is 14.6 Å². The predicted molar refractivity (Wildman–Crippen MR) is 60.9 cm³/mol. The fourth-order valence-corrected chi connectivity index (χ4v) is 2.68. The van der Waals surface area contributed by atoms with Crippen molar-refractivity contribution in [1.29, 1.82) is 0 Å². The molecule has 0 bridgehead atoms. The number of hydrogen-bond donors (Lipinski definition) is 1. The van der Waals surface area contributed by atoms with Gasteiger partial charge in [0.1, 0.15) is 5.75 Å². The average Bonchev–Trinajstić information content (AvgIpc) is 2.67. The van der Waals surface area contributed by atoms with Crippen LogP contribution in [0.1, 0.15) is 30.4 Å². The van der Waals surface area contributed by atoms with Crippen molar-refractivity contribution in [3.63, 3.8) is 0 Å². The van der Waals surface area contributed by atoms with E-state index < -0.39 is 5.97 Å². The highest BCUT2D eigenvalue weighted by Gasteiger charge is 2.37. The minimum Gasteiger partial charge on any atom is -0.496 e. The van der Waals surface area contributed by atoms with Crippen LogP contribution in [0.4, 0.5) is 0 Å². The maximum absolute atomic E-state index is 11.2. The molecule has 0 saturated heterocycles. The van der Waals surface area contributed by atoms with Crippen LogP contribution in [0.25, 0.3) is 0 Å². The summed E-state index contributed by atoms with van der Waals surface area (Å²) in [5, 5.41) is 9.21. The molecule has 1 aromatic carbocycles. The van der Waals surface area contributed by atoms with Gasteiger partial charge < -0.3 is 9.84 Å². The lowest BCUT2D eigenvalue weighted by Gasteiger charge is -2.14. The maximum atomic E-state index is 11.2. The summed E-state index contributed by atoms with van der Waals surface area (Å²) in [6, 6.07) is 5.86. The fraction of sp³-hybridized carbons (Fsp3) is 0.462. The van der Waals surface area contributed by atoms with Gasteiger partial charge in [-0.25, -0.2) is 0 Å². The molecule has 0 saturated carbocycles. The van der Waals surface area contributed by atoms with E-state index in [1.165, 1.54) is 0 Å². The van der Waals surface area contributed by atoms with Gasteiger partial charge in [-0.15, -0.1) is 0 Å². The second-order valence-electron chi connectivity index (χ2n) is 4.19. The number of methoxy groups -OCH3 is 1. The highest BCUT2D eigenvalue weighted by molar-refractivity contribution is 5.74. The van der Waals surface area contributed by atoms with Gasteiger partial charge in [0.05, 0.1) is 13.0 Å². The molecule has 0 aromatic heterocycles. The van der Waals surface area contributed by atoms with Crippen LogP contribution in [0, 0.1) is 5.92 Å². The third-order valence-electron chi connectivity index (χ3n) is 3.46. The Hall–Kier alpha value is -1.51. The second kappa shape index (κ2) is 4.16. The van der Waals surface area contributed by atoms with Gasteiger partial charge >= 0.3 is 5.97 Å². The van der Waals surface area contributed by atoms with Crippen molar-refractivity contribution in [2.24, 2.45) is 5.92 Å². The Kier molecular flexibility index (Phi) is 2.86. The van der Waals surface area contributed by atoms with E-state index in [4.69, 9.17) is 4.74 Å². The van der Waals surface area contributed by atoms with Gasteiger partial charge in [-0.2, -0.15) is 0 Å². The molecule has 2 atom stereocenters. The molecule has 0 fully saturated rings. The predicted octanol–water partition coefficient (Wildman–Crippen LogP) is 2.45. The van der Waals surface area contributed by atoms with Gasteiger partial charge in [0.15, 0.2) is 0 Å². The first-order valence-electron chi connectivity index (χ1n) is 5.57. The molecule has 0 radical (unpaired) electrons.